The molecule has 1 aromatic rings. The Kier molecular flexibility index (Phi) is 4.19. The number of nitrogens with zero attached hydrogens (tertiary/aromatic N) is 1. The molecule has 19 heavy (non-hydrogen) atoms. The maximum atomic E-state index is 13.1. The van der Waals surface area contributed by atoms with E-state index < -0.39 is 11.7 Å². The molecule has 0 spiro atoms. The van der Waals surface area contributed by atoms with Crippen molar-refractivity contribution in [1.29, 1.82) is 0 Å². The van der Waals surface area contributed by atoms with Crippen LogP contribution in [0.2, 0.25) is 0 Å². The lowest BCUT2D eigenvalue weighted by molar-refractivity contribution is -0.138. The first-order valence-electron chi connectivity index (χ1n) is 6.77. The zero-order valence-corrected chi connectivity index (χ0v) is 11.4. The minimum absolute atomic E-state index is 0.346. The van der Waals surface area contributed by atoms with E-state index in [1.807, 2.05) is 20.0 Å². The van der Waals surface area contributed by atoms with Crippen molar-refractivity contribution in [2.24, 2.45) is 5.92 Å². The Morgan fingerprint density at radius 2 is 2.05 bits per heavy atom. The monoisotopic (exact) mass is 271 g/mol. The molecule has 0 aromatic heterocycles. The summed E-state index contributed by atoms with van der Waals surface area (Å²) in [5.74, 6) is 0.346. The quantitative estimate of drug-likeness (QED) is 0.809. The van der Waals surface area contributed by atoms with Gasteiger partial charge in [0.1, 0.15) is 0 Å². The molecule has 0 amide bonds. The van der Waals surface area contributed by atoms with Crippen molar-refractivity contribution in [2.75, 3.05) is 20.1 Å². The van der Waals surface area contributed by atoms with Gasteiger partial charge < -0.3 is 4.90 Å². The molecular formula is C15H20F3N. The number of hydrogen-bond donors (Lipinski definition) is 0. The van der Waals surface area contributed by atoms with E-state index in [1.54, 1.807) is 6.07 Å². The largest absolute Gasteiger partial charge is 0.416 e. The van der Waals surface area contributed by atoms with Crippen LogP contribution in [-0.2, 0) is 19.0 Å². The maximum absolute atomic E-state index is 13.1. The van der Waals surface area contributed by atoms with Gasteiger partial charge in [-0.05, 0) is 56.0 Å². The average Bonchev–Trinajstić information content (AvgIpc) is 2.74. The van der Waals surface area contributed by atoms with E-state index in [2.05, 4.69) is 4.90 Å². The van der Waals surface area contributed by atoms with Gasteiger partial charge in [0.2, 0.25) is 0 Å². The minimum Gasteiger partial charge on any atom is -0.306 e. The van der Waals surface area contributed by atoms with Gasteiger partial charge in [-0.1, -0.05) is 19.1 Å². The Labute approximate surface area is 112 Å². The fraction of sp³-hybridized carbons (Fsp3) is 0.600. The van der Waals surface area contributed by atoms with Crippen LogP contribution in [0.4, 0.5) is 13.2 Å². The lowest BCUT2D eigenvalue weighted by Gasteiger charge is -2.17. The molecule has 1 saturated heterocycles. The van der Waals surface area contributed by atoms with Crippen LogP contribution in [0, 0.1) is 5.92 Å². The van der Waals surface area contributed by atoms with Gasteiger partial charge in [0, 0.05) is 6.54 Å². The first kappa shape index (κ1) is 14.4. The van der Waals surface area contributed by atoms with Crippen molar-refractivity contribution in [2.45, 2.75) is 32.4 Å². The third-order valence-electron chi connectivity index (χ3n) is 3.89. The van der Waals surface area contributed by atoms with Crippen LogP contribution in [0.1, 0.15) is 30.0 Å². The molecular weight excluding hydrogens is 251 g/mol. The zero-order chi connectivity index (χ0) is 14.0. The molecule has 1 aliphatic heterocycles. The molecule has 4 heteroatoms. The SMILES string of the molecule is CCc1ccc(CC2CCN(C)C2)c(C(F)(F)F)c1. The summed E-state index contributed by atoms with van der Waals surface area (Å²) in [6.07, 6.45) is -2.09. The molecule has 1 heterocycles. The summed E-state index contributed by atoms with van der Waals surface area (Å²) in [7, 11) is 2.02. The molecule has 1 unspecified atom stereocenters. The first-order chi connectivity index (χ1) is 8.90. The van der Waals surface area contributed by atoms with E-state index in [9.17, 15) is 13.2 Å². The molecule has 1 nitrogen and oxygen atoms in total. The second-order valence-corrected chi connectivity index (χ2v) is 5.46. The molecule has 1 atom stereocenters. The van der Waals surface area contributed by atoms with Gasteiger partial charge in [-0.15, -0.1) is 0 Å². The molecule has 0 bridgehead atoms. The van der Waals surface area contributed by atoms with Crippen molar-refractivity contribution in [3.63, 3.8) is 0 Å². The lowest BCUT2D eigenvalue weighted by Crippen LogP contribution is -2.17. The topological polar surface area (TPSA) is 3.24 Å². The third kappa shape index (κ3) is 3.50. The number of hydrogen-bond acceptors (Lipinski definition) is 1. The number of likely N-dealkylation sites (tertiary alicyclic amines) is 1. The molecule has 1 aromatic carbocycles. The van der Waals surface area contributed by atoms with Crippen LogP contribution in [-0.4, -0.2) is 25.0 Å². The summed E-state index contributed by atoms with van der Waals surface area (Å²) < 4.78 is 39.3. The minimum atomic E-state index is -4.25. The van der Waals surface area contributed by atoms with Crippen LogP contribution in [0.15, 0.2) is 18.2 Å². The van der Waals surface area contributed by atoms with Gasteiger partial charge in [0.05, 0.1) is 5.56 Å². The van der Waals surface area contributed by atoms with Gasteiger partial charge in [-0.25, -0.2) is 0 Å². The van der Waals surface area contributed by atoms with Crippen LogP contribution in [0.3, 0.4) is 0 Å². The summed E-state index contributed by atoms with van der Waals surface area (Å²) >= 11 is 0. The number of halogens is 3. The Morgan fingerprint density at radius 1 is 1.32 bits per heavy atom. The van der Waals surface area contributed by atoms with E-state index in [4.69, 9.17) is 0 Å². The van der Waals surface area contributed by atoms with Crippen LogP contribution >= 0.6 is 0 Å². The number of rotatable bonds is 3. The average molecular weight is 271 g/mol. The highest BCUT2D eigenvalue weighted by molar-refractivity contribution is 5.34. The molecule has 0 N–H and O–H groups in total. The van der Waals surface area contributed by atoms with E-state index in [-0.39, 0.29) is 0 Å². The van der Waals surface area contributed by atoms with Gasteiger partial charge in [-0.3, -0.25) is 0 Å². The molecule has 1 aliphatic rings. The van der Waals surface area contributed by atoms with Crippen molar-refractivity contribution in [1.82, 2.24) is 4.90 Å². The fourth-order valence-electron chi connectivity index (χ4n) is 2.79. The van der Waals surface area contributed by atoms with E-state index in [0.717, 1.165) is 25.1 Å². The van der Waals surface area contributed by atoms with Gasteiger partial charge >= 0.3 is 6.18 Å². The second kappa shape index (κ2) is 5.53. The number of aryl methyl sites for hydroxylation is 1. The molecule has 106 valence electrons. The summed E-state index contributed by atoms with van der Waals surface area (Å²) in [6.45, 7) is 3.76. The smallest absolute Gasteiger partial charge is 0.306 e. The predicted octanol–water partition coefficient (Wildman–Crippen LogP) is 3.76. The predicted molar refractivity (Wildman–Crippen MR) is 70.1 cm³/mol. The summed E-state index contributed by atoms with van der Waals surface area (Å²) in [5, 5.41) is 0. The van der Waals surface area contributed by atoms with Crippen LogP contribution < -0.4 is 0 Å². The standard InChI is InChI=1S/C15H20F3N/c1-3-11-4-5-13(14(9-11)15(16,17)18)8-12-6-7-19(2)10-12/h4-5,9,12H,3,6-8,10H2,1-2H3. The van der Waals surface area contributed by atoms with Crippen LogP contribution in [0.25, 0.3) is 0 Å². The third-order valence-corrected chi connectivity index (χ3v) is 3.89. The first-order valence-corrected chi connectivity index (χ1v) is 6.77. The number of alkyl halides is 3. The highest BCUT2D eigenvalue weighted by Crippen LogP contribution is 2.34. The Morgan fingerprint density at radius 3 is 2.58 bits per heavy atom. The lowest BCUT2D eigenvalue weighted by atomic mass is 9.93. The van der Waals surface area contributed by atoms with Crippen LogP contribution in [0.5, 0.6) is 0 Å². The van der Waals surface area contributed by atoms with Gasteiger partial charge in [0.15, 0.2) is 0 Å². The van der Waals surface area contributed by atoms with Gasteiger partial charge in [0.25, 0.3) is 0 Å². The number of benzene rings is 1. The molecule has 0 radical (unpaired) electrons. The highest BCUT2D eigenvalue weighted by Gasteiger charge is 2.34. The second-order valence-electron chi connectivity index (χ2n) is 5.46. The molecule has 0 saturated carbocycles. The summed E-state index contributed by atoms with van der Waals surface area (Å²) in [6, 6.07) is 4.80. The van der Waals surface area contributed by atoms with E-state index >= 15 is 0 Å². The molecule has 1 fully saturated rings. The van der Waals surface area contributed by atoms with Crippen molar-refractivity contribution < 1.29 is 13.2 Å². The molecule has 2 rings (SSSR count). The van der Waals surface area contributed by atoms with Gasteiger partial charge in [-0.2, -0.15) is 13.2 Å². The Balaban J connectivity index is 2.24. The zero-order valence-electron chi connectivity index (χ0n) is 11.4. The van der Waals surface area contributed by atoms with Crippen molar-refractivity contribution in [3.8, 4) is 0 Å². The maximum Gasteiger partial charge on any atom is 0.416 e. The fourth-order valence-corrected chi connectivity index (χ4v) is 2.79. The van der Waals surface area contributed by atoms with Crippen molar-refractivity contribution >= 4 is 0 Å². The Hall–Kier alpha value is -1.03. The summed E-state index contributed by atoms with van der Waals surface area (Å²) in [5.41, 5.74) is 0.756. The normalized spacial score (nSPS) is 21.0. The highest BCUT2D eigenvalue weighted by atomic mass is 19.4. The summed E-state index contributed by atoms with van der Waals surface area (Å²) in [4.78, 5) is 2.18. The van der Waals surface area contributed by atoms with E-state index in [0.29, 0.717) is 24.3 Å². The molecule has 0 aliphatic carbocycles. The van der Waals surface area contributed by atoms with E-state index in [1.165, 1.54) is 6.07 Å². The van der Waals surface area contributed by atoms with Crippen molar-refractivity contribution in [3.05, 3.63) is 34.9 Å². The Bertz CT molecular complexity index is 440.